The van der Waals surface area contributed by atoms with Gasteiger partial charge < -0.3 is 35.4 Å². The van der Waals surface area contributed by atoms with Crippen molar-refractivity contribution in [2.45, 2.75) is 100 Å². The lowest BCUT2D eigenvalue weighted by atomic mass is 9.52. The van der Waals surface area contributed by atoms with E-state index in [2.05, 4.69) is 0 Å². The Morgan fingerprint density at radius 1 is 0.963 bits per heavy atom. The molecule has 6 aliphatic rings. The van der Waals surface area contributed by atoms with Gasteiger partial charge >= 0.3 is 0 Å². The van der Waals surface area contributed by atoms with Gasteiger partial charge in [-0.2, -0.15) is 0 Å². The van der Waals surface area contributed by atoms with E-state index < -0.39 is 56.6 Å². The second kappa shape index (κ2) is 4.13. The molecule has 7 heteroatoms. The maximum atomic E-state index is 12.3. The minimum Gasteiger partial charge on any atom is -0.390 e. The molecule has 2 saturated heterocycles. The summed E-state index contributed by atoms with van der Waals surface area (Å²) < 4.78 is 6.12. The highest BCUT2D eigenvalue weighted by atomic mass is 16.7. The van der Waals surface area contributed by atoms with Crippen LogP contribution >= 0.6 is 0 Å². The zero-order chi connectivity index (χ0) is 20.3. The van der Waals surface area contributed by atoms with Crippen LogP contribution in [0.1, 0.15) is 60.3 Å². The lowest BCUT2D eigenvalue weighted by molar-refractivity contribution is -0.390. The summed E-state index contributed by atoms with van der Waals surface area (Å²) in [6.07, 6.45) is -0.869. The van der Waals surface area contributed by atoms with Gasteiger partial charge in [-0.15, -0.1) is 0 Å². The second-order valence-corrected chi connectivity index (χ2v) is 10.9. The van der Waals surface area contributed by atoms with E-state index in [1.54, 1.807) is 27.7 Å². The van der Waals surface area contributed by atoms with Crippen molar-refractivity contribution in [3.05, 3.63) is 0 Å². The molecule has 0 aromatic rings. The molecule has 2 aliphatic heterocycles. The van der Waals surface area contributed by atoms with Gasteiger partial charge in [0.25, 0.3) is 0 Å². The maximum absolute atomic E-state index is 12.3. The Balaban J connectivity index is 1.94. The molecule has 0 radical (unpaired) electrons. The molecule has 4 saturated carbocycles. The third kappa shape index (κ3) is 1.16. The van der Waals surface area contributed by atoms with Gasteiger partial charge in [-0.3, -0.25) is 0 Å². The molecule has 2 unspecified atom stereocenters. The Bertz CT molecular complexity index is 759. The van der Waals surface area contributed by atoms with Crippen LogP contribution in [0.4, 0.5) is 0 Å². The highest BCUT2D eigenvalue weighted by molar-refractivity contribution is 5.54. The average molecular weight is 384 g/mol. The molecule has 0 aromatic carbocycles. The number of ether oxygens (including phenoxy) is 1. The van der Waals surface area contributed by atoms with Gasteiger partial charge in [-0.25, -0.2) is 0 Å². The molecule has 0 aromatic heterocycles. The minimum absolute atomic E-state index is 0.121. The fourth-order valence-electron chi connectivity index (χ4n) is 8.64. The molecular formula is C20H32O7. The van der Waals surface area contributed by atoms with Gasteiger partial charge in [0, 0.05) is 18.3 Å². The molecule has 4 aliphatic carbocycles. The van der Waals surface area contributed by atoms with E-state index in [9.17, 15) is 30.6 Å². The highest BCUT2D eigenvalue weighted by Gasteiger charge is 3.07. The van der Waals surface area contributed by atoms with Gasteiger partial charge in [-0.1, -0.05) is 27.7 Å². The van der Waals surface area contributed by atoms with Crippen LogP contribution in [0.15, 0.2) is 0 Å². The van der Waals surface area contributed by atoms with Crippen molar-refractivity contribution in [1.82, 2.24) is 0 Å². The third-order valence-electron chi connectivity index (χ3n) is 10.3. The van der Waals surface area contributed by atoms with E-state index >= 15 is 0 Å². The van der Waals surface area contributed by atoms with E-state index in [0.29, 0.717) is 6.42 Å². The van der Waals surface area contributed by atoms with Gasteiger partial charge in [0.05, 0.1) is 17.1 Å². The Labute approximate surface area is 159 Å². The Kier molecular flexibility index (Phi) is 2.86. The molecule has 154 valence electrons. The van der Waals surface area contributed by atoms with Crippen LogP contribution in [0.3, 0.4) is 0 Å². The summed E-state index contributed by atoms with van der Waals surface area (Å²) in [7, 11) is 0. The van der Waals surface area contributed by atoms with Crippen LogP contribution in [-0.4, -0.2) is 70.5 Å². The molecule has 7 nitrogen and oxygen atoms in total. The van der Waals surface area contributed by atoms with Crippen molar-refractivity contribution >= 4 is 0 Å². The Morgan fingerprint density at radius 2 is 1.56 bits per heavy atom. The standard InChI is InChI=1S/C20H32O7/c1-10(2)15(22)9-17(24)13(4)8-18(25)14(15,5)20(17,26)19(27-18)12(21)11(3)6-7-16(13,19)23/h10-12,21-26H,6-9H2,1-5H3/t11?,12?,13-,14+,15-,16-,17+,18-,19+,20+/m0/s1. The molecule has 6 rings (SSSR count). The van der Waals surface area contributed by atoms with Crippen molar-refractivity contribution in [3.8, 4) is 0 Å². The lowest BCUT2D eigenvalue weighted by Gasteiger charge is -2.60. The van der Waals surface area contributed by atoms with Crippen LogP contribution in [0.5, 0.6) is 0 Å². The Morgan fingerprint density at radius 3 is 2.11 bits per heavy atom. The molecule has 0 amide bonds. The lowest BCUT2D eigenvalue weighted by Crippen LogP contribution is -2.75. The predicted molar refractivity (Wildman–Crippen MR) is 93.3 cm³/mol. The largest absolute Gasteiger partial charge is 0.390 e. The van der Waals surface area contributed by atoms with E-state index in [-0.39, 0.29) is 25.2 Å². The summed E-state index contributed by atoms with van der Waals surface area (Å²) in [6, 6.07) is 0. The molecular weight excluding hydrogens is 352 g/mol. The summed E-state index contributed by atoms with van der Waals surface area (Å²) in [5.74, 6) is -2.69. The minimum atomic E-state index is -2.21. The number of aliphatic hydroxyl groups excluding tert-OH is 1. The summed E-state index contributed by atoms with van der Waals surface area (Å²) >= 11 is 0. The number of hydrogen-bond donors (Lipinski definition) is 6. The van der Waals surface area contributed by atoms with Crippen molar-refractivity contribution < 1.29 is 35.4 Å². The highest BCUT2D eigenvalue weighted by Crippen LogP contribution is 2.90. The smallest absolute Gasteiger partial charge is 0.178 e. The van der Waals surface area contributed by atoms with E-state index in [4.69, 9.17) is 4.74 Å². The molecule has 2 heterocycles. The van der Waals surface area contributed by atoms with Crippen LogP contribution < -0.4 is 0 Å². The number of hydrogen-bond acceptors (Lipinski definition) is 7. The van der Waals surface area contributed by atoms with E-state index in [1.807, 2.05) is 0 Å². The molecule has 1 spiro atoms. The van der Waals surface area contributed by atoms with Crippen molar-refractivity contribution in [2.24, 2.45) is 22.7 Å². The molecule has 27 heavy (non-hydrogen) atoms. The van der Waals surface area contributed by atoms with Gasteiger partial charge in [-0.05, 0) is 31.6 Å². The predicted octanol–water partition coefficient (Wildman–Crippen LogP) is -0.351. The van der Waals surface area contributed by atoms with Crippen LogP contribution in [0, 0.1) is 22.7 Å². The molecule has 6 N–H and O–H groups in total. The van der Waals surface area contributed by atoms with E-state index in [0.717, 1.165) is 0 Å². The zero-order valence-electron chi connectivity index (χ0n) is 16.7. The van der Waals surface area contributed by atoms with Crippen molar-refractivity contribution in [3.63, 3.8) is 0 Å². The summed E-state index contributed by atoms with van der Waals surface area (Å²) in [4.78, 5) is 0. The van der Waals surface area contributed by atoms with Crippen molar-refractivity contribution in [2.75, 3.05) is 0 Å². The third-order valence-corrected chi connectivity index (χ3v) is 10.3. The number of rotatable bonds is 1. The first-order valence-electron chi connectivity index (χ1n) is 10.1. The quantitative estimate of drug-likeness (QED) is 0.364. The first kappa shape index (κ1) is 18.7. The molecule has 6 fully saturated rings. The first-order chi connectivity index (χ1) is 12.1. The van der Waals surface area contributed by atoms with Gasteiger partial charge in [0.2, 0.25) is 0 Å². The first-order valence-corrected chi connectivity index (χ1v) is 10.1. The van der Waals surface area contributed by atoms with Crippen LogP contribution in [0.25, 0.3) is 0 Å². The zero-order valence-corrected chi connectivity index (χ0v) is 16.7. The number of aliphatic hydroxyl groups is 6. The molecule has 6 bridgehead atoms. The summed E-state index contributed by atoms with van der Waals surface area (Å²) in [6.45, 7) is 8.55. The van der Waals surface area contributed by atoms with E-state index in [1.165, 1.54) is 6.92 Å². The fraction of sp³-hybridized carbons (Fsp3) is 1.00. The van der Waals surface area contributed by atoms with Crippen LogP contribution in [-0.2, 0) is 4.74 Å². The normalized spacial score (nSPS) is 71.6. The monoisotopic (exact) mass is 384 g/mol. The summed E-state index contributed by atoms with van der Waals surface area (Å²) in [5, 5.41) is 70.9. The SMILES string of the molecule is CC1CC[C@]2(O)[C@]3(C)C[C@]4(O)O[C@@]2(C1O)[C@]1(O)[C@@]3(O)C[C@](O)(C(C)C)[C@@]14C. The van der Waals surface area contributed by atoms with Crippen molar-refractivity contribution in [1.29, 1.82) is 0 Å². The topological polar surface area (TPSA) is 131 Å². The van der Waals surface area contributed by atoms with Gasteiger partial charge in [0.15, 0.2) is 11.4 Å². The molecule has 10 atom stereocenters. The Hall–Kier alpha value is -0.280. The maximum Gasteiger partial charge on any atom is 0.178 e. The summed E-state index contributed by atoms with van der Waals surface area (Å²) in [5.41, 5.74) is -12.5. The average Bonchev–Trinajstić information content (AvgIpc) is 2.82. The fourth-order valence-corrected chi connectivity index (χ4v) is 8.64. The van der Waals surface area contributed by atoms with Crippen LogP contribution in [0.2, 0.25) is 0 Å². The second-order valence-electron chi connectivity index (χ2n) is 10.9. The van der Waals surface area contributed by atoms with Gasteiger partial charge in [0.1, 0.15) is 16.8 Å².